The van der Waals surface area contributed by atoms with Crippen molar-refractivity contribution in [1.29, 1.82) is 0 Å². The zero-order valence-electron chi connectivity index (χ0n) is 9.77. The first-order chi connectivity index (χ1) is 7.70. The Morgan fingerprint density at radius 3 is 3.00 bits per heavy atom. The Kier molecular flexibility index (Phi) is 3.24. The van der Waals surface area contributed by atoms with Crippen LogP contribution in [0, 0.1) is 6.92 Å². The van der Waals surface area contributed by atoms with Gasteiger partial charge < -0.3 is 9.88 Å². The topological polar surface area (TPSA) is 42.7 Å². The summed E-state index contributed by atoms with van der Waals surface area (Å²) in [7, 11) is 0. The third kappa shape index (κ3) is 2.24. The van der Waals surface area contributed by atoms with Gasteiger partial charge in [-0.1, -0.05) is 0 Å². The molecule has 2 aromatic rings. The van der Waals surface area contributed by atoms with Crippen molar-refractivity contribution in [3.63, 3.8) is 0 Å². The van der Waals surface area contributed by atoms with Gasteiger partial charge in [-0.05, 0) is 20.8 Å². The quantitative estimate of drug-likeness (QED) is 0.887. The van der Waals surface area contributed by atoms with Gasteiger partial charge in [-0.25, -0.2) is 9.97 Å². The number of hydrogen-bond acceptors (Lipinski definition) is 4. The van der Waals surface area contributed by atoms with E-state index >= 15 is 0 Å². The van der Waals surface area contributed by atoms with Crippen molar-refractivity contribution >= 4 is 17.3 Å². The van der Waals surface area contributed by atoms with Crippen LogP contribution in [-0.4, -0.2) is 14.5 Å². The number of aromatic nitrogens is 3. The number of aryl methyl sites for hydroxylation is 2. The highest BCUT2D eigenvalue weighted by molar-refractivity contribution is 7.09. The van der Waals surface area contributed by atoms with Crippen molar-refractivity contribution in [2.24, 2.45) is 0 Å². The molecule has 0 aliphatic rings. The van der Waals surface area contributed by atoms with Crippen molar-refractivity contribution in [2.75, 3.05) is 5.32 Å². The highest BCUT2D eigenvalue weighted by Crippen LogP contribution is 2.20. The third-order valence-electron chi connectivity index (χ3n) is 2.41. The summed E-state index contributed by atoms with van der Waals surface area (Å²) in [5.74, 6) is 0.919. The molecule has 2 heterocycles. The molecule has 5 heteroatoms. The van der Waals surface area contributed by atoms with E-state index in [1.54, 1.807) is 11.3 Å². The summed E-state index contributed by atoms with van der Waals surface area (Å²) in [4.78, 5) is 8.75. The minimum atomic E-state index is 0.201. The molecule has 0 saturated heterocycles. The summed E-state index contributed by atoms with van der Waals surface area (Å²) in [5, 5.41) is 6.46. The number of rotatable bonds is 4. The highest BCUT2D eigenvalue weighted by Gasteiger charge is 2.11. The molecule has 2 aromatic heterocycles. The lowest BCUT2D eigenvalue weighted by Crippen LogP contribution is -2.11. The number of nitrogens with zero attached hydrogens (tertiary/aromatic N) is 3. The van der Waals surface area contributed by atoms with E-state index in [0.29, 0.717) is 0 Å². The Morgan fingerprint density at radius 1 is 1.56 bits per heavy atom. The van der Waals surface area contributed by atoms with Crippen molar-refractivity contribution in [1.82, 2.24) is 14.5 Å². The maximum atomic E-state index is 4.46. The van der Waals surface area contributed by atoms with Crippen molar-refractivity contribution in [3.8, 4) is 0 Å². The van der Waals surface area contributed by atoms with Gasteiger partial charge in [0.15, 0.2) is 0 Å². The molecular weight excluding hydrogens is 220 g/mol. The summed E-state index contributed by atoms with van der Waals surface area (Å²) in [6.07, 6.45) is 3.88. The van der Waals surface area contributed by atoms with Crippen LogP contribution in [-0.2, 0) is 6.54 Å². The van der Waals surface area contributed by atoms with E-state index in [-0.39, 0.29) is 6.04 Å². The number of hydrogen-bond donors (Lipinski definition) is 1. The summed E-state index contributed by atoms with van der Waals surface area (Å²) in [5.41, 5.74) is 1.04. The maximum absolute atomic E-state index is 4.46. The van der Waals surface area contributed by atoms with Gasteiger partial charge in [0.05, 0.1) is 11.7 Å². The average molecular weight is 236 g/mol. The SMILES string of the molecule is CCn1cc(C)nc1NC(C)c1nccs1. The van der Waals surface area contributed by atoms with Crippen molar-refractivity contribution in [3.05, 3.63) is 28.5 Å². The van der Waals surface area contributed by atoms with Crippen LogP contribution < -0.4 is 5.32 Å². The minimum absolute atomic E-state index is 0.201. The summed E-state index contributed by atoms with van der Waals surface area (Å²) >= 11 is 1.66. The fourth-order valence-electron chi connectivity index (χ4n) is 1.61. The average Bonchev–Trinajstić information content (AvgIpc) is 2.87. The number of thiazole rings is 1. The van der Waals surface area contributed by atoms with Crippen LogP contribution in [0.4, 0.5) is 5.95 Å². The van der Waals surface area contributed by atoms with E-state index in [1.807, 2.05) is 18.5 Å². The first kappa shape index (κ1) is 11.1. The summed E-state index contributed by atoms with van der Waals surface area (Å²) in [6.45, 7) is 7.14. The molecule has 86 valence electrons. The van der Waals surface area contributed by atoms with Gasteiger partial charge in [0.2, 0.25) is 5.95 Å². The molecule has 0 radical (unpaired) electrons. The summed E-state index contributed by atoms with van der Waals surface area (Å²) in [6, 6.07) is 0.201. The summed E-state index contributed by atoms with van der Waals surface area (Å²) < 4.78 is 2.11. The highest BCUT2D eigenvalue weighted by atomic mass is 32.1. The van der Waals surface area contributed by atoms with Gasteiger partial charge in [0, 0.05) is 24.3 Å². The van der Waals surface area contributed by atoms with E-state index in [2.05, 4.69) is 39.9 Å². The van der Waals surface area contributed by atoms with Gasteiger partial charge >= 0.3 is 0 Å². The second kappa shape index (κ2) is 4.65. The molecule has 16 heavy (non-hydrogen) atoms. The largest absolute Gasteiger partial charge is 0.347 e. The lowest BCUT2D eigenvalue weighted by Gasteiger charge is -2.12. The zero-order chi connectivity index (χ0) is 11.5. The van der Waals surface area contributed by atoms with Crippen molar-refractivity contribution < 1.29 is 0 Å². The molecule has 0 aliphatic carbocycles. The minimum Gasteiger partial charge on any atom is -0.347 e. The second-order valence-corrected chi connectivity index (χ2v) is 4.65. The standard InChI is InChI=1S/C11H16N4S/c1-4-15-7-8(2)13-11(15)14-9(3)10-12-5-6-16-10/h5-7,9H,4H2,1-3H3,(H,13,14). The number of imidazole rings is 1. The van der Waals surface area contributed by atoms with Crippen LogP contribution >= 0.6 is 11.3 Å². The molecule has 0 aliphatic heterocycles. The Balaban J connectivity index is 2.14. The number of anilines is 1. The normalized spacial score (nSPS) is 12.7. The number of nitrogens with one attached hydrogen (secondary N) is 1. The molecule has 0 saturated carbocycles. The molecule has 0 amide bonds. The second-order valence-electron chi connectivity index (χ2n) is 3.73. The third-order valence-corrected chi connectivity index (χ3v) is 3.36. The van der Waals surface area contributed by atoms with Crippen LogP contribution in [0.2, 0.25) is 0 Å². The molecular formula is C11H16N4S. The molecule has 1 N–H and O–H groups in total. The van der Waals surface area contributed by atoms with Gasteiger partial charge in [-0.15, -0.1) is 11.3 Å². The van der Waals surface area contributed by atoms with Crippen LogP contribution in [0.1, 0.15) is 30.6 Å². The fourth-order valence-corrected chi connectivity index (χ4v) is 2.25. The van der Waals surface area contributed by atoms with Gasteiger partial charge in [-0.3, -0.25) is 0 Å². The Bertz CT molecular complexity index is 447. The van der Waals surface area contributed by atoms with Crippen molar-refractivity contribution in [2.45, 2.75) is 33.4 Å². The van der Waals surface area contributed by atoms with Crippen LogP contribution in [0.15, 0.2) is 17.8 Å². The van der Waals surface area contributed by atoms with Gasteiger partial charge in [0.1, 0.15) is 5.01 Å². The van der Waals surface area contributed by atoms with E-state index < -0.39 is 0 Å². The first-order valence-corrected chi connectivity index (χ1v) is 6.28. The van der Waals surface area contributed by atoms with Gasteiger partial charge in [-0.2, -0.15) is 0 Å². The van der Waals surface area contributed by atoms with E-state index in [1.165, 1.54) is 0 Å². The Hall–Kier alpha value is -1.36. The van der Waals surface area contributed by atoms with Crippen LogP contribution in [0.5, 0.6) is 0 Å². The van der Waals surface area contributed by atoms with E-state index in [9.17, 15) is 0 Å². The van der Waals surface area contributed by atoms with E-state index in [4.69, 9.17) is 0 Å². The van der Waals surface area contributed by atoms with Crippen LogP contribution in [0.25, 0.3) is 0 Å². The molecule has 1 unspecified atom stereocenters. The molecule has 4 nitrogen and oxygen atoms in total. The molecule has 0 spiro atoms. The molecule has 2 rings (SSSR count). The molecule has 0 fully saturated rings. The molecule has 0 bridgehead atoms. The van der Waals surface area contributed by atoms with E-state index in [0.717, 1.165) is 23.2 Å². The van der Waals surface area contributed by atoms with Gasteiger partial charge in [0.25, 0.3) is 0 Å². The Labute approximate surface area is 99.4 Å². The molecule has 1 atom stereocenters. The predicted molar refractivity (Wildman–Crippen MR) is 66.8 cm³/mol. The smallest absolute Gasteiger partial charge is 0.203 e. The van der Waals surface area contributed by atoms with Crippen LogP contribution in [0.3, 0.4) is 0 Å². The maximum Gasteiger partial charge on any atom is 0.203 e. The predicted octanol–water partition coefficient (Wildman–Crippen LogP) is 2.84. The fraction of sp³-hybridized carbons (Fsp3) is 0.455. The molecule has 0 aromatic carbocycles. The monoisotopic (exact) mass is 236 g/mol. The lowest BCUT2D eigenvalue weighted by atomic mass is 10.4. The first-order valence-electron chi connectivity index (χ1n) is 5.40. The Morgan fingerprint density at radius 2 is 2.38 bits per heavy atom. The lowest BCUT2D eigenvalue weighted by molar-refractivity contribution is 0.742. The zero-order valence-corrected chi connectivity index (χ0v) is 10.6.